The number of hydrogen-bond acceptors (Lipinski definition) is 2. The third kappa shape index (κ3) is 0.897. The molecule has 0 fully saturated rings. The van der Waals surface area contributed by atoms with Crippen molar-refractivity contribution in [2.24, 2.45) is 0 Å². The van der Waals surface area contributed by atoms with Crippen molar-refractivity contribution in [2.45, 2.75) is 13.3 Å². The average Bonchev–Trinajstić information content (AvgIpc) is 2.28. The van der Waals surface area contributed by atoms with Crippen LogP contribution in [0.3, 0.4) is 0 Å². The molecule has 12 heavy (non-hydrogen) atoms. The molecule has 0 bridgehead atoms. The SMILES string of the molecule is Cc1ccc2c(c1)C(=O)OC2F. The molecule has 0 spiro atoms. The molecule has 1 aliphatic rings. The molecule has 0 saturated carbocycles. The van der Waals surface area contributed by atoms with E-state index in [-0.39, 0.29) is 0 Å². The highest BCUT2D eigenvalue weighted by Gasteiger charge is 2.30. The van der Waals surface area contributed by atoms with Gasteiger partial charge in [0.2, 0.25) is 0 Å². The fourth-order valence-electron chi connectivity index (χ4n) is 1.27. The second-order valence-corrected chi connectivity index (χ2v) is 2.81. The maximum absolute atomic E-state index is 12.9. The molecule has 2 rings (SSSR count). The summed E-state index contributed by atoms with van der Waals surface area (Å²) in [6.45, 7) is 1.85. The van der Waals surface area contributed by atoms with Crippen LogP contribution in [0.25, 0.3) is 0 Å². The van der Waals surface area contributed by atoms with Crippen molar-refractivity contribution >= 4 is 5.97 Å². The van der Waals surface area contributed by atoms with Crippen LogP contribution in [0.4, 0.5) is 4.39 Å². The summed E-state index contributed by atoms with van der Waals surface area (Å²) in [5.74, 6) is -0.568. The first kappa shape index (κ1) is 7.28. The van der Waals surface area contributed by atoms with Gasteiger partial charge in [-0.3, -0.25) is 0 Å². The van der Waals surface area contributed by atoms with E-state index in [9.17, 15) is 9.18 Å². The van der Waals surface area contributed by atoms with Gasteiger partial charge in [0.25, 0.3) is 6.36 Å². The van der Waals surface area contributed by atoms with E-state index >= 15 is 0 Å². The van der Waals surface area contributed by atoms with Crippen molar-refractivity contribution in [3.63, 3.8) is 0 Å². The van der Waals surface area contributed by atoms with Crippen molar-refractivity contribution in [1.82, 2.24) is 0 Å². The molecule has 1 aliphatic heterocycles. The minimum Gasteiger partial charge on any atom is -0.423 e. The second kappa shape index (κ2) is 2.30. The van der Waals surface area contributed by atoms with Gasteiger partial charge in [-0.1, -0.05) is 17.7 Å². The number of fused-ring (bicyclic) bond motifs is 1. The lowest BCUT2D eigenvalue weighted by Crippen LogP contribution is -1.93. The van der Waals surface area contributed by atoms with Crippen LogP contribution in [0.2, 0.25) is 0 Å². The molecule has 2 nitrogen and oxygen atoms in total. The van der Waals surface area contributed by atoms with E-state index in [2.05, 4.69) is 4.74 Å². The second-order valence-electron chi connectivity index (χ2n) is 2.81. The fraction of sp³-hybridized carbons (Fsp3) is 0.222. The molecule has 1 heterocycles. The Morgan fingerprint density at radius 1 is 1.50 bits per heavy atom. The zero-order valence-electron chi connectivity index (χ0n) is 6.50. The monoisotopic (exact) mass is 166 g/mol. The summed E-state index contributed by atoms with van der Waals surface area (Å²) in [5.41, 5.74) is 1.62. The quantitative estimate of drug-likeness (QED) is 0.552. The standard InChI is InChI=1S/C9H7FO2/c1-5-2-3-6-7(4-5)9(11)12-8(6)10/h2-4,8H,1H3. The lowest BCUT2D eigenvalue weighted by atomic mass is 10.1. The number of carbonyl (C=O) groups is 1. The van der Waals surface area contributed by atoms with Gasteiger partial charge in [0, 0.05) is 5.56 Å². The van der Waals surface area contributed by atoms with E-state index in [0.29, 0.717) is 11.1 Å². The largest absolute Gasteiger partial charge is 0.423 e. The number of cyclic esters (lactones) is 1. The van der Waals surface area contributed by atoms with Gasteiger partial charge < -0.3 is 4.74 Å². The highest BCUT2D eigenvalue weighted by molar-refractivity contribution is 5.93. The third-order valence-corrected chi connectivity index (χ3v) is 1.88. The Kier molecular flexibility index (Phi) is 1.40. The first-order chi connectivity index (χ1) is 5.68. The Morgan fingerprint density at radius 3 is 3.00 bits per heavy atom. The van der Waals surface area contributed by atoms with E-state index in [1.807, 2.05) is 6.92 Å². The van der Waals surface area contributed by atoms with Crippen LogP contribution in [0.5, 0.6) is 0 Å². The molecule has 0 saturated heterocycles. The van der Waals surface area contributed by atoms with Gasteiger partial charge >= 0.3 is 5.97 Å². The lowest BCUT2D eigenvalue weighted by molar-refractivity contribution is -0.00367. The normalized spacial score (nSPS) is 20.5. The Balaban J connectivity index is 2.60. The first-order valence-corrected chi connectivity index (χ1v) is 3.64. The van der Waals surface area contributed by atoms with Crippen molar-refractivity contribution in [2.75, 3.05) is 0 Å². The number of benzene rings is 1. The van der Waals surface area contributed by atoms with Crippen LogP contribution in [-0.4, -0.2) is 5.97 Å². The number of ether oxygens (including phenoxy) is 1. The molecule has 62 valence electrons. The smallest absolute Gasteiger partial charge is 0.341 e. The molecular formula is C9H7FO2. The summed E-state index contributed by atoms with van der Waals surface area (Å²) >= 11 is 0. The van der Waals surface area contributed by atoms with Gasteiger partial charge in [0.05, 0.1) is 5.56 Å². The number of hydrogen-bond donors (Lipinski definition) is 0. The van der Waals surface area contributed by atoms with Crippen LogP contribution in [0.15, 0.2) is 18.2 Å². The van der Waals surface area contributed by atoms with Gasteiger partial charge in [0.15, 0.2) is 0 Å². The number of rotatable bonds is 0. The zero-order chi connectivity index (χ0) is 8.72. The highest BCUT2D eigenvalue weighted by Crippen LogP contribution is 2.31. The number of alkyl halides is 1. The summed E-state index contributed by atoms with van der Waals surface area (Å²) in [6, 6.07) is 4.98. The van der Waals surface area contributed by atoms with Gasteiger partial charge in [-0.15, -0.1) is 0 Å². The van der Waals surface area contributed by atoms with E-state index in [1.165, 1.54) is 0 Å². The Hall–Kier alpha value is -1.38. The molecule has 0 radical (unpaired) electrons. The van der Waals surface area contributed by atoms with Gasteiger partial charge in [0.1, 0.15) is 0 Å². The number of carbonyl (C=O) groups excluding carboxylic acids is 1. The summed E-state index contributed by atoms with van der Waals surface area (Å²) in [4.78, 5) is 11.0. The highest BCUT2D eigenvalue weighted by atomic mass is 19.1. The van der Waals surface area contributed by atoms with E-state index in [4.69, 9.17) is 0 Å². The maximum Gasteiger partial charge on any atom is 0.341 e. The summed E-state index contributed by atoms with van der Waals surface area (Å²) < 4.78 is 17.2. The summed E-state index contributed by atoms with van der Waals surface area (Å²) in [7, 11) is 0. The molecular weight excluding hydrogens is 159 g/mol. The summed E-state index contributed by atoms with van der Waals surface area (Å²) in [5, 5.41) is 0. The molecule has 0 N–H and O–H groups in total. The van der Waals surface area contributed by atoms with Crippen LogP contribution >= 0.6 is 0 Å². The first-order valence-electron chi connectivity index (χ1n) is 3.64. The Labute approximate surface area is 69.0 Å². The lowest BCUT2D eigenvalue weighted by Gasteiger charge is -1.97. The van der Waals surface area contributed by atoms with E-state index < -0.39 is 12.3 Å². The third-order valence-electron chi connectivity index (χ3n) is 1.88. The maximum atomic E-state index is 12.9. The van der Waals surface area contributed by atoms with Crippen LogP contribution < -0.4 is 0 Å². The number of aryl methyl sites for hydroxylation is 1. The number of esters is 1. The molecule has 0 aromatic heterocycles. The average molecular weight is 166 g/mol. The minimum absolute atomic E-state index is 0.339. The molecule has 1 aromatic carbocycles. The van der Waals surface area contributed by atoms with Crippen molar-refractivity contribution in [3.05, 3.63) is 34.9 Å². The van der Waals surface area contributed by atoms with Gasteiger partial charge in [-0.05, 0) is 13.0 Å². The minimum atomic E-state index is -1.58. The van der Waals surface area contributed by atoms with Crippen LogP contribution in [-0.2, 0) is 4.74 Å². The molecule has 1 unspecified atom stereocenters. The van der Waals surface area contributed by atoms with Gasteiger partial charge in [-0.2, -0.15) is 4.39 Å². The fourth-order valence-corrected chi connectivity index (χ4v) is 1.27. The Bertz CT molecular complexity index is 346. The van der Waals surface area contributed by atoms with Crippen molar-refractivity contribution in [1.29, 1.82) is 0 Å². The topological polar surface area (TPSA) is 26.3 Å². The van der Waals surface area contributed by atoms with Crippen molar-refractivity contribution in [3.8, 4) is 0 Å². The predicted octanol–water partition coefficient (Wildman–Crippen LogP) is 2.13. The van der Waals surface area contributed by atoms with Crippen LogP contribution in [0, 0.1) is 6.92 Å². The molecule has 0 aliphatic carbocycles. The van der Waals surface area contributed by atoms with E-state index in [0.717, 1.165) is 5.56 Å². The molecule has 3 heteroatoms. The molecule has 1 atom stereocenters. The van der Waals surface area contributed by atoms with Gasteiger partial charge in [-0.25, -0.2) is 4.79 Å². The predicted molar refractivity (Wildman–Crippen MR) is 40.4 cm³/mol. The summed E-state index contributed by atoms with van der Waals surface area (Å²) in [6.07, 6.45) is -1.58. The Morgan fingerprint density at radius 2 is 2.25 bits per heavy atom. The van der Waals surface area contributed by atoms with Crippen molar-refractivity contribution < 1.29 is 13.9 Å². The molecule has 1 aromatic rings. The zero-order valence-corrected chi connectivity index (χ0v) is 6.50. The number of halogens is 1. The van der Waals surface area contributed by atoms with E-state index in [1.54, 1.807) is 18.2 Å². The van der Waals surface area contributed by atoms with Crippen LogP contribution in [0.1, 0.15) is 27.8 Å². The molecule has 0 amide bonds.